The lowest BCUT2D eigenvalue weighted by molar-refractivity contribution is -0.130. The lowest BCUT2D eigenvalue weighted by Crippen LogP contribution is -2.40. The standard InChI is InChI=1S/C10H18N2O.C2H6/c1-8-6-11(2)7-9(8)12-5-3-4-10(12)13;1-2/h8-9H,3-7H2,1-2H3;1-2H3. The first kappa shape index (κ1) is 12.5. The SMILES string of the molecule is CC.CC1CN(C)CC1N1CCCC1=O. The number of likely N-dealkylation sites (tertiary alicyclic amines) is 2. The predicted octanol–water partition coefficient (Wildman–Crippen LogP) is 1.59. The van der Waals surface area contributed by atoms with Crippen LogP contribution in [-0.2, 0) is 4.79 Å². The smallest absolute Gasteiger partial charge is 0.222 e. The van der Waals surface area contributed by atoms with E-state index in [4.69, 9.17) is 0 Å². The van der Waals surface area contributed by atoms with Crippen LogP contribution in [0.5, 0.6) is 0 Å². The lowest BCUT2D eigenvalue weighted by atomic mass is 10.1. The molecular weight excluding hydrogens is 188 g/mol. The molecule has 2 aliphatic rings. The van der Waals surface area contributed by atoms with Crippen molar-refractivity contribution in [1.29, 1.82) is 0 Å². The van der Waals surface area contributed by atoms with Crippen molar-refractivity contribution in [2.45, 2.75) is 39.7 Å². The zero-order valence-corrected chi connectivity index (χ0v) is 10.5. The van der Waals surface area contributed by atoms with E-state index in [9.17, 15) is 4.79 Å². The summed E-state index contributed by atoms with van der Waals surface area (Å²) in [7, 11) is 2.14. The van der Waals surface area contributed by atoms with Gasteiger partial charge in [0.15, 0.2) is 0 Å². The Morgan fingerprint density at radius 3 is 2.33 bits per heavy atom. The molecule has 0 spiro atoms. The van der Waals surface area contributed by atoms with E-state index in [-0.39, 0.29) is 0 Å². The van der Waals surface area contributed by atoms with E-state index in [1.807, 2.05) is 13.8 Å². The van der Waals surface area contributed by atoms with Gasteiger partial charge in [-0.15, -0.1) is 0 Å². The van der Waals surface area contributed by atoms with Gasteiger partial charge in [-0.05, 0) is 19.4 Å². The highest BCUT2D eigenvalue weighted by molar-refractivity contribution is 5.78. The Bertz CT molecular complexity index is 218. The van der Waals surface area contributed by atoms with E-state index in [2.05, 4.69) is 23.8 Å². The predicted molar refractivity (Wildman–Crippen MR) is 62.7 cm³/mol. The van der Waals surface area contributed by atoms with Crippen molar-refractivity contribution in [3.05, 3.63) is 0 Å². The summed E-state index contributed by atoms with van der Waals surface area (Å²) in [6.45, 7) is 9.43. The Hall–Kier alpha value is -0.570. The molecule has 0 radical (unpaired) electrons. The third-order valence-corrected chi connectivity index (χ3v) is 3.27. The molecule has 0 aromatic heterocycles. The number of nitrogens with zero attached hydrogens (tertiary/aromatic N) is 2. The molecule has 3 heteroatoms. The maximum Gasteiger partial charge on any atom is 0.222 e. The number of hydrogen-bond acceptors (Lipinski definition) is 2. The Morgan fingerprint density at radius 2 is 1.93 bits per heavy atom. The van der Waals surface area contributed by atoms with Crippen LogP contribution in [0.1, 0.15) is 33.6 Å². The van der Waals surface area contributed by atoms with Crippen molar-refractivity contribution >= 4 is 5.91 Å². The van der Waals surface area contributed by atoms with Gasteiger partial charge < -0.3 is 9.80 Å². The average Bonchev–Trinajstić information content (AvgIpc) is 2.76. The van der Waals surface area contributed by atoms with Gasteiger partial charge in [-0.2, -0.15) is 0 Å². The van der Waals surface area contributed by atoms with E-state index >= 15 is 0 Å². The van der Waals surface area contributed by atoms with Crippen LogP contribution >= 0.6 is 0 Å². The van der Waals surface area contributed by atoms with Crippen molar-refractivity contribution in [2.75, 3.05) is 26.7 Å². The molecule has 0 aromatic rings. The molecule has 0 N–H and O–H groups in total. The third-order valence-electron chi connectivity index (χ3n) is 3.27. The number of likely N-dealkylation sites (N-methyl/N-ethyl adjacent to an activating group) is 1. The molecule has 2 rings (SSSR count). The third kappa shape index (κ3) is 2.71. The van der Waals surface area contributed by atoms with E-state index in [0.29, 0.717) is 17.9 Å². The fourth-order valence-electron chi connectivity index (χ4n) is 2.61. The second kappa shape index (κ2) is 5.50. The van der Waals surface area contributed by atoms with E-state index in [1.165, 1.54) is 0 Å². The van der Waals surface area contributed by atoms with E-state index < -0.39 is 0 Å². The number of hydrogen-bond donors (Lipinski definition) is 0. The Kier molecular flexibility index (Phi) is 4.58. The largest absolute Gasteiger partial charge is 0.338 e. The van der Waals surface area contributed by atoms with Gasteiger partial charge in [0.05, 0.1) is 0 Å². The molecule has 2 heterocycles. The molecule has 2 aliphatic heterocycles. The van der Waals surface area contributed by atoms with Crippen LogP contribution in [0.25, 0.3) is 0 Å². The van der Waals surface area contributed by atoms with Crippen LogP contribution in [0.3, 0.4) is 0 Å². The van der Waals surface area contributed by atoms with Crippen LogP contribution in [0.15, 0.2) is 0 Å². The zero-order valence-electron chi connectivity index (χ0n) is 10.5. The highest BCUT2D eigenvalue weighted by atomic mass is 16.2. The molecule has 88 valence electrons. The molecule has 15 heavy (non-hydrogen) atoms. The Morgan fingerprint density at radius 1 is 1.27 bits per heavy atom. The van der Waals surface area contributed by atoms with Gasteiger partial charge in [0.2, 0.25) is 5.91 Å². The van der Waals surface area contributed by atoms with Crippen LogP contribution in [0.2, 0.25) is 0 Å². The summed E-state index contributed by atoms with van der Waals surface area (Å²) in [5, 5.41) is 0. The van der Waals surface area contributed by atoms with E-state index in [1.54, 1.807) is 0 Å². The first-order valence-corrected chi connectivity index (χ1v) is 6.16. The van der Waals surface area contributed by atoms with Gasteiger partial charge in [0.1, 0.15) is 0 Å². The van der Waals surface area contributed by atoms with Gasteiger partial charge in [-0.3, -0.25) is 4.79 Å². The number of amides is 1. The fraction of sp³-hybridized carbons (Fsp3) is 0.917. The first-order valence-electron chi connectivity index (χ1n) is 6.16. The molecule has 2 fully saturated rings. The summed E-state index contributed by atoms with van der Waals surface area (Å²) in [6, 6.07) is 0.486. The van der Waals surface area contributed by atoms with Crippen LogP contribution in [0, 0.1) is 5.92 Å². The van der Waals surface area contributed by atoms with Gasteiger partial charge in [0, 0.05) is 32.1 Å². The highest BCUT2D eigenvalue weighted by Gasteiger charge is 2.36. The topological polar surface area (TPSA) is 23.6 Å². The average molecular weight is 212 g/mol. The molecule has 2 saturated heterocycles. The second-order valence-electron chi connectivity index (χ2n) is 4.46. The summed E-state index contributed by atoms with van der Waals surface area (Å²) in [5.74, 6) is 1.01. The molecule has 1 amide bonds. The lowest BCUT2D eigenvalue weighted by Gasteiger charge is -2.26. The molecular formula is C12H24N2O. The summed E-state index contributed by atoms with van der Waals surface area (Å²) in [4.78, 5) is 15.9. The van der Waals surface area contributed by atoms with E-state index in [0.717, 1.165) is 32.5 Å². The second-order valence-corrected chi connectivity index (χ2v) is 4.46. The van der Waals surface area contributed by atoms with Crippen molar-refractivity contribution in [1.82, 2.24) is 9.80 Å². The maximum atomic E-state index is 11.5. The van der Waals surface area contributed by atoms with Gasteiger partial charge in [-0.1, -0.05) is 20.8 Å². The Labute approximate surface area is 93.4 Å². The van der Waals surface area contributed by atoms with Gasteiger partial charge >= 0.3 is 0 Å². The van der Waals surface area contributed by atoms with Crippen molar-refractivity contribution < 1.29 is 4.79 Å². The fourth-order valence-corrected chi connectivity index (χ4v) is 2.61. The summed E-state index contributed by atoms with van der Waals surface area (Å²) >= 11 is 0. The summed E-state index contributed by atoms with van der Waals surface area (Å²) in [5.41, 5.74) is 0. The molecule has 0 saturated carbocycles. The number of rotatable bonds is 1. The van der Waals surface area contributed by atoms with Gasteiger partial charge in [-0.25, -0.2) is 0 Å². The minimum atomic E-state index is 0.368. The molecule has 0 aliphatic carbocycles. The summed E-state index contributed by atoms with van der Waals surface area (Å²) < 4.78 is 0. The van der Waals surface area contributed by atoms with Crippen LogP contribution in [-0.4, -0.2) is 48.4 Å². The molecule has 2 unspecified atom stereocenters. The highest BCUT2D eigenvalue weighted by Crippen LogP contribution is 2.24. The monoisotopic (exact) mass is 212 g/mol. The minimum Gasteiger partial charge on any atom is -0.338 e. The molecule has 3 nitrogen and oxygen atoms in total. The van der Waals surface area contributed by atoms with Crippen LogP contribution < -0.4 is 0 Å². The normalized spacial score (nSPS) is 31.7. The summed E-state index contributed by atoms with van der Waals surface area (Å²) in [6.07, 6.45) is 1.83. The van der Waals surface area contributed by atoms with Crippen molar-refractivity contribution in [2.24, 2.45) is 5.92 Å². The van der Waals surface area contributed by atoms with Gasteiger partial charge in [0.25, 0.3) is 0 Å². The Balaban J connectivity index is 0.000000531. The molecule has 0 bridgehead atoms. The quantitative estimate of drug-likeness (QED) is 0.659. The molecule has 2 atom stereocenters. The van der Waals surface area contributed by atoms with Crippen molar-refractivity contribution in [3.63, 3.8) is 0 Å². The first-order chi connectivity index (χ1) is 7.18. The number of carbonyl (C=O) groups excluding carboxylic acids is 1. The van der Waals surface area contributed by atoms with Crippen molar-refractivity contribution in [3.8, 4) is 0 Å². The zero-order chi connectivity index (χ0) is 11.4. The number of carbonyl (C=O) groups is 1. The van der Waals surface area contributed by atoms with Crippen LogP contribution in [0.4, 0.5) is 0 Å². The maximum absolute atomic E-state index is 11.5. The molecule has 0 aromatic carbocycles. The minimum absolute atomic E-state index is 0.368.